The van der Waals surface area contributed by atoms with Crippen LogP contribution in [0.3, 0.4) is 0 Å². The molecule has 1 aliphatic rings. The van der Waals surface area contributed by atoms with Crippen molar-refractivity contribution in [1.82, 2.24) is 9.55 Å². The van der Waals surface area contributed by atoms with E-state index in [9.17, 15) is 8.42 Å². The van der Waals surface area contributed by atoms with Gasteiger partial charge < -0.3 is 15.2 Å². The van der Waals surface area contributed by atoms with E-state index < -0.39 is 10.0 Å². The summed E-state index contributed by atoms with van der Waals surface area (Å²) in [5.41, 5.74) is 9.65. The quantitative estimate of drug-likeness (QED) is 0.571. The summed E-state index contributed by atoms with van der Waals surface area (Å²) in [6, 6.07) is 14.0. The predicted octanol–water partition coefficient (Wildman–Crippen LogP) is 3.73. The molecule has 1 unspecified atom stereocenters. The van der Waals surface area contributed by atoms with E-state index in [0.29, 0.717) is 12.2 Å². The van der Waals surface area contributed by atoms with Gasteiger partial charge >= 0.3 is 0 Å². The highest BCUT2D eigenvalue weighted by molar-refractivity contribution is 7.92. The Morgan fingerprint density at radius 3 is 2.71 bits per heavy atom. The van der Waals surface area contributed by atoms with E-state index >= 15 is 0 Å². The average molecular weight is 440 g/mol. The van der Waals surface area contributed by atoms with Crippen LogP contribution in [0.25, 0.3) is 11.0 Å². The minimum absolute atomic E-state index is 0.138. The molecule has 7 nitrogen and oxygen atoms in total. The highest BCUT2D eigenvalue weighted by Gasteiger charge is 2.23. The summed E-state index contributed by atoms with van der Waals surface area (Å²) in [5, 5.41) is 0. The normalized spacial score (nSPS) is 17.0. The molecule has 1 atom stereocenters. The third-order valence-electron chi connectivity index (χ3n) is 5.46. The Bertz CT molecular complexity index is 1200. The van der Waals surface area contributed by atoms with Crippen LogP contribution in [0.2, 0.25) is 0 Å². The molecule has 2 aromatic carbocycles. The van der Waals surface area contributed by atoms with Gasteiger partial charge in [-0.2, -0.15) is 0 Å². The van der Waals surface area contributed by atoms with Gasteiger partial charge in [0.15, 0.2) is 0 Å². The summed E-state index contributed by atoms with van der Waals surface area (Å²) in [5.74, 6) is 0.880. The number of nitrogens with two attached hydrogens (primary N) is 1. The van der Waals surface area contributed by atoms with Crippen molar-refractivity contribution in [3.05, 3.63) is 60.2 Å². The lowest BCUT2D eigenvalue weighted by Crippen LogP contribution is -2.43. The van der Waals surface area contributed by atoms with E-state index in [1.165, 1.54) is 5.57 Å². The van der Waals surface area contributed by atoms with Crippen molar-refractivity contribution in [2.45, 2.75) is 44.2 Å². The van der Waals surface area contributed by atoms with Gasteiger partial charge in [0.05, 0.1) is 21.6 Å². The zero-order valence-corrected chi connectivity index (χ0v) is 18.8. The van der Waals surface area contributed by atoms with E-state index in [1.807, 2.05) is 12.1 Å². The maximum atomic E-state index is 12.8. The minimum Gasteiger partial charge on any atom is -0.341 e. The van der Waals surface area contributed by atoms with Crippen LogP contribution in [0.1, 0.15) is 26.7 Å². The number of aromatic nitrogens is 2. The molecule has 8 heteroatoms. The lowest BCUT2D eigenvalue weighted by molar-refractivity contribution is 0.495. The molecule has 164 valence electrons. The minimum atomic E-state index is -3.66. The second-order valence-electron chi connectivity index (χ2n) is 8.27. The molecule has 2 heterocycles. The fourth-order valence-corrected chi connectivity index (χ4v) is 4.94. The summed E-state index contributed by atoms with van der Waals surface area (Å²) < 4.78 is 30.4. The monoisotopic (exact) mass is 439 g/mol. The van der Waals surface area contributed by atoms with E-state index in [4.69, 9.17) is 10.7 Å². The van der Waals surface area contributed by atoms with Crippen molar-refractivity contribution in [1.29, 1.82) is 0 Å². The van der Waals surface area contributed by atoms with Crippen molar-refractivity contribution in [2.75, 3.05) is 22.7 Å². The van der Waals surface area contributed by atoms with Gasteiger partial charge in [-0.05, 0) is 57.0 Å². The maximum Gasteiger partial charge on any atom is 0.261 e. The number of fused-ring (bicyclic) bond motifs is 1. The number of benzene rings is 2. The zero-order valence-electron chi connectivity index (χ0n) is 18.0. The molecule has 0 spiro atoms. The smallest absolute Gasteiger partial charge is 0.261 e. The molecule has 3 N–H and O–H groups in total. The van der Waals surface area contributed by atoms with Gasteiger partial charge in [0.1, 0.15) is 0 Å². The molecular weight excluding hydrogens is 410 g/mol. The van der Waals surface area contributed by atoms with Crippen molar-refractivity contribution >= 4 is 32.7 Å². The SMILES string of the molecule is CC(C)=CCn1c(N2CCCC(N)C2)nc2ccc(NS(=O)(=O)c3ccccc3)cc21. The molecule has 1 aromatic heterocycles. The summed E-state index contributed by atoms with van der Waals surface area (Å²) in [6.45, 7) is 6.48. The highest BCUT2D eigenvalue weighted by atomic mass is 32.2. The topological polar surface area (TPSA) is 93.2 Å². The van der Waals surface area contributed by atoms with Crippen molar-refractivity contribution in [3.8, 4) is 0 Å². The maximum absolute atomic E-state index is 12.8. The van der Waals surface area contributed by atoms with E-state index in [-0.39, 0.29) is 10.9 Å². The van der Waals surface area contributed by atoms with Crippen LogP contribution in [0, 0.1) is 0 Å². The molecule has 1 aliphatic heterocycles. The number of nitrogens with one attached hydrogen (secondary N) is 1. The number of nitrogens with zero attached hydrogens (tertiary/aromatic N) is 3. The van der Waals surface area contributed by atoms with Crippen LogP contribution in [-0.2, 0) is 16.6 Å². The number of sulfonamides is 1. The zero-order chi connectivity index (χ0) is 22.0. The number of rotatable bonds is 6. The first-order valence-corrected chi connectivity index (χ1v) is 12.0. The van der Waals surface area contributed by atoms with Gasteiger partial charge in [-0.15, -0.1) is 0 Å². The van der Waals surface area contributed by atoms with Crippen molar-refractivity contribution in [2.24, 2.45) is 5.73 Å². The predicted molar refractivity (Wildman–Crippen MR) is 126 cm³/mol. The van der Waals surface area contributed by atoms with Crippen LogP contribution >= 0.6 is 0 Å². The van der Waals surface area contributed by atoms with Gasteiger partial charge in [-0.3, -0.25) is 4.72 Å². The average Bonchev–Trinajstić information content (AvgIpc) is 3.10. The van der Waals surface area contributed by atoms with Crippen LogP contribution < -0.4 is 15.4 Å². The Hall–Kier alpha value is -2.84. The molecule has 0 bridgehead atoms. The summed E-state index contributed by atoms with van der Waals surface area (Å²) in [7, 11) is -3.66. The highest BCUT2D eigenvalue weighted by Crippen LogP contribution is 2.28. The first-order valence-electron chi connectivity index (χ1n) is 10.6. The number of hydrogen-bond acceptors (Lipinski definition) is 5. The molecular formula is C23H29N5O2S. The Kier molecular flexibility index (Phi) is 6.02. The van der Waals surface area contributed by atoms with Crippen LogP contribution in [0.4, 0.5) is 11.6 Å². The molecule has 1 saturated heterocycles. The summed E-state index contributed by atoms with van der Waals surface area (Å²) in [6.07, 6.45) is 4.21. The molecule has 0 radical (unpaired) electrons. The Balaban J connectivity index is 1.74. The standard InChI is InChI=1S/C23H29N5O2S/c1-17(2)12-14-28-22-15-19(26-31(29,30)20-8-4-3-5-9-20)10-11-21(22)25-23(28)27-13-6-7-18(24)16-27/h3-5,8-12,15,18,26H,6-7,13-14,16,24H2,1-2H3. The number of piperidine rings is 1. The number of allylic oxidation sites excluding steroid dienone is 2. The second-order valence-corrected chi connectivity index (χ2v) is 9.96. The molecule has 0 aliphatic carbocycles. The lowest BCUT2D eigenvalue weighted by atomic mass is 10.1. The third-order valence-corrected chi connectivity index (χ3v) is 6.85. The Labute approximate surface area is 183 Å². The largest absolute Gasteiger partial charge is 0.341 e. The van der Waals surface area contributed by atoms with Crippen LogP contribution in [0.5, 0.6) is 0 Å². The van der Waals surface area contributed by atoms with Gasteiger partial charge in [-0.25, -0.2) is 13.4 Å². The van der Waals surface area contributed by atoms with Gasteiger partial charge in [0.25, 0.3) is 10.0 Å². The van der Waals surface area contributed by atoms with Gasteiger partial charge in [-0.1, -0.05) is 29.8 Å². The van der Waals surface area contributed by atoms with Crippen LogP contribution in [0.15, 0.2) is 65.1 Å². The van der Waals surface area contributed by atoms with Gasteiger partial charge in [0.2, 0.25) is 5.95 Å². The van der Waals surface area contributed by atoms with E-state index in [1.54, 1.807) is 36.4 Å². The number of imidazole rings is 1. The lowest BCUT2D eigenvalue weighted by Gasteiger charge is -2.31. The number of anilines is 2. The number of hydrogen-bond donors (Lipinski definition) is 2. The summed E-state index contributed by atoms with van der Waals surface area (Å²) >= 11 is 0. The molecule has 1 fully saturated rings. The molecule has 3 aromatic rings. The Morgan fingerprint density at radius 1 is 1.23 bits per heavy atom. The van der Waals surface area contributed by atoms with E-state index in [2.05, 4.69) is 34.1 Å². The van der Waals surface area contributed by atoms with E-state index in [0.717, 1.165) is 42.9 Å². The molecule has 0 amide bonds. The summed E-state index contributed by atoms with van der Waals surface area (Å²) in [4.78, 5) is 7.34. The van der Waals surface area contributed by atoms with Crippen molar-refractivity contribution < 1.29 is 8.42 Å². The molecule has 31 heavy (non-hydrogen) atoms. The first-order chi connectivity index (χ1) is 14.8. The van der Waals surface area contributed by atoms with Crippen molar-refractivity contribution in [3.63, 3.8) is 0 Å². The first kappa shape index (κ1) is 21.4. The molecule has 0 saturated carbocycles. The van der Waals surface area contributed by atoms with Gasteiger partial charge in [0, 0.05) is 25.7 Å². The molecule has 4 rings (SSSR count). The fourth-order valence-electron chi connectivity index (χ4n) is 3.87. The third kappa shape index (κ3) is 4.75. The van der Waals surface area contributed by atoms with Crippen LogP contribution in [-0.4, -0.2) is 37.1 Å². The Morgan fingerprint density at radius 2 is 2.00 bits per heavy atom. The second kappa shape index (κ2) is 8.72. The fraction of sp³-hybridized carbons (Fsp3) is 0.348.